The summed E-state index contributed by atoms with van der Waals surface area (Å²) in [6, 6.07) is 5.44. The zero-order valence-electron chi connectivity index (χ0n) is 20.1. The first-order chi connectivity index (χ1) is 14.8. The highest BCUT2D eigenvalue weighted by Gasteiger charge is 2.29. The van der Waals surface area contributed by atoms with E-state index in [2.05, 4.69) is 12.2 Å². The van der Waals surface area contributed by atoms with Gasteiger partial charge in [0.2, 0.25) is 0 Å². The number of nitrogens with one attached hydrogen (secondary N) is 1. The SMILES string of the molecule is CNC[C@H]1OCCCC[C@H](C)Oc2ccc(N(C)C)cc2C(=O)N([C@@H](C)CO)C[C@@H]1C. The van der Waals surface area contributed by atoms with Crippen LogP contribution in [0, 0.1) is 5.92 Å². The van der Waals surface area contributed by atoms with Crippen LogP contribution in [0.15, 0.2) is 18.2 Å². The first-order valence-electron chi connectivity index (χ1n) is 11.4. The van der Waals surface area contributed by atoms with Crippen LogP contribution < -0.4 is 15.0 Å². The zero-order valence-corrected chi connectivity index (χ0v) is 20.1. The fourth-order valence-electron chi connectivity index (χ4n) is 3.88. The number of carbonyl (C=O) groups is 1. The van der Waals surface area contributed by atoms with Crippen molar-refractivity contribution in [3.63, 3.8) is 0 Å². The predicted octanol–water partition coefficient (Wildman–Crippen LogP) is 2.77. The molecule has 0 fully saturated rings. The summed E-state index contributed by atoms with van der Waals surface area (Å²) in [4.78, 5) is 17.5. The minimum absolute atomic E-state index is 0.00422. The molecule has 0 saturated carbocycles. The van der Waals surface area contributed by atoms with Gasteiger partial charge in [0.15, 0.2) is 0 Å². The van der Waals surface area contributed by atoms with Crippen molar-refractivity contribution in [3.05, 3.63) is 23.8 Å². The third kappa shape index (κ3) is 7.09. The van der Waals surface area contributed by atoms with Crippen LogP contribution >= 0.6 is 0 Å². The number of ether oxygens (including phenoxy) is 2. The van der Waals surface area contributed by atoms with Crippen LogP contribution in [0.4, 0.5) is 5.69 Å². The van der Waals surface area contributed by atoms with Gasteiger partial charge in [0.05, 0.1) is 30.4 Å². The molecule has 1 heterocycles. The minimum Gasteiger partial charge on any atom is -0.490 e. The Bertz CT molecular complexity index is 697. The van der Waals surface area contributed by atoms with Gasteiger partial charge in [0.25, 0.3) is 5.91 Å². The lowest BCUT2D eigenvalue weighted by Gasteiger charge is -2.34. The smallest absolute Gasteiger partial charge is 0.258 e. The van der Waals surface area contributed by atoms with E-state index in [1.807, 2.05) is 58.1 Å². The van der Waals surface area contributed by atoms with E-state index >= 15 is 0 Å². The summed E-state index contributed by atoms with van der Waals surface area (Å²) in [6.07, 6.45) is 2.87. The van der Waals surface area contributed by atoms with Gasteiger partial charge in [-0.05, 0) is 58.4 Å². The summed E-state index contributed by atoms with van der Waals surface area (Å²) in [7, 11) is 5.82. The molecule has 1 aromatic rings. The fourth-order valence-corrected chi connectivity index (χ4v) is 3.88. The van der Waals surface area contributed by atoms with Gasteiger partial charge in [0.1, 0.15) is 5.75 Å². The van der Waals surface area contributed by atoms with E-state index in [9.17, 15) is 9.90 Å². The highest BCUT2D eigenvalue weighted by Crippen LogP contribution is 2.29. The van der Waals surface area contributed by atoms with Gasteiger partial charge in [-0.1, -0.05) is 6.92 Å². The van der Waals surface area contributed by atoms with Gasteiger partial charge >= 0.3 is 0 Å². The van der Waals surface area contributed by atoms with Crippen molar-refractivity contribution >= 4 is 11.6 Å². The standard InChI is InChI=1S/C24H41N3O4/c1-17-15-27(18(2)16-28)24(29)21-13-20(26(5)6)10-11-22(21)31-19(3)9-7-8-12-30-23(17)14-25-4/h10-11,13,17-19,23,25,28H,7-9,12,14-16H2,1-6H3/t17-,18-,19-,23+/m0/s1. The molecule has 0 unspecified atom stereocenters. The second-order valence-corrected chi connectivity index (χ2v) is 8.93. The van der Waals surface area contributed by atoms with Crippen LogP contribution in [0.3, 0.4) is 0 Å². The third-order valence-electron chi connectivity index (χ3n) is 5.96. The molecule has 4 atom stereocenters. The molecule has 1 aromatic carbocycles. The van der Waals surface area contributed by atoms with Crippen LogP contribution in [-0.2, 0) is 4.74 Å². The summed E-state index contributed by atoms with van der Waals surface area (Å²) in [5.41, 5.74) is 1.47. The monoisotopic (exact) mass is 435 g/mol. The number of anilines is 1. The van der Waals surface area contributed by atoms with E-state index in [1.54, 1.807) is 4.90 Å². The minimum atomic E-state index is -0.314. The Kier molecular flexibility index (Phi) is 10.1. The number of carbonyl (C=O) groups excluding carboxylic acids is 1. The Morgan fingerprint density at radius 3 is 2.68 bits per heavy atom. The molecule has 0 aromatic heterocycles. The van der Waals surface area contributed by atoms with Crippen LogP contribution in [0.1, 0.15) is 50.4 Å². The van der Waals surface area contributed by atoms with Crippen LogP contribution in [0.25, 0.3) is 0 Å². The molecular weight excluding hydrogens is 394 g/mol. The van der Waals surface area contributed by atoms with Gasteiger partial charge in [0, 0.05) is 45.4 Å². The zero-order chi connectivity index (χ0) is 23.0. The molecule has 2 N–H and O–H groups in total. The number of hydrogen-bond acceptors (Lipinski definition) is 6. The van der Waals surface area contributed by atoms with Crippen molar-refractivity contribution < 1.29 is 19.4 Å². The number of benzene rings is 1. The van der Waals surface area contributed by atoms with E-state index in [0.717, 1.165) is 31.5 Å². The molecule has 1 amide bonds. The van der Waals surface area contributed by atoms with Gasteiger partial charge in [-0.2, -0.15) is 0 Å². The van der Waals surface area contributed by atoms with E-state index < -0.39 is 0 Å². The average Bonchev–Trinajstić information content (AvgIpc) is 2.74. The van der Waals surface area contributed by atoms with E-state index in [0.29, 0.717) is 24.5 Å². The van der Waals surface area contributed by atoms with Crippen LogP contribution in [0.2, 0.25) is 0 Å². The highest BCUT2D eigenvalue weighted by molar-refractivity contribution is 5.98. The Labute approximate surface area is 187 Å². The maximum Gasteiger partial charge on any atom is 0.258 e. The second kappa shape index (κ2) is 12.3. The Balaban J connectivity index is 2.47. The summed E-state index contributed by atoms with van der Waals surface area (Å²) in [5.74, 6) is 0.583. The molecule has 31 heavy (non-hydrogen) atoms. The maximum atomic E-state index is 13.8. The van der Waals surface area contributed by atoms with Crippen molar-refractivity contribution in [2.75, 3.05) is 52.3 Å². The van der Waals surface area contributed by atoms with E-state index in [4.69, 9.17) is 9.47 Å². The Morgan fingerprint density at radius 1 is 1.29 bits per heavy atom. The predicted molar refractivity (Wildman–Crippen MR) is 125 cm³/mol. The van der Waals surface area contributed by atoms with Gasteiger partial charge in [-0.15, -0.1) is 0 Å². The largest absolute Gasteiger partial charge is 0.490 e. The first-order valence-corrected chi connectivity index (χ1v) is 11.4. The molecule has 0 spiro atoms. The fraction of sp³-hybridized carbons (Fsp3) is 0.708. The van der Waals surface area contributed by atoms with E-state index in [-0.39, 0.29) is 36.7 Å². The van der Waals surface area contributed by atoms with Gasteiger partial charge in [-0.25, -0.2) is 0 Å². The molecule has 0 saturated heterocycles. The summed E-state index contributed by atoms with van der Waals surface area (Å²) in [5, 5.41) is 13.1. The van der Waals surface area contributed by atoms with Gasteiger partial charge in [-0.3, -0.25) is 4.79 Å². The Morgan fingerprint density at radius 2 is 2.03 bits per heavy atom. The molecule has 1 aliphatic heterocycles. The lowest BCUT2D eigenvalue weighted by atomic mass is 10.0. The Hall–Kier alpha value is -1.83. The number of aliphatic hydroxyl groups is 1. The van der Waals surface area contributed by atoms with Crippen molar-refractivity contribution in [2.45, 2.75) is 58.3 Å². The summed E-state index contributed by atoms with van der Waals surface area (Å²) in [6.45, 7) is 7.83. The van der Waals surface area contributed by atoms with Crippen molar-refractivity contribution in [1.29, 1.82) is 0 Å². The van der Waals surface area contributed by atoms with Crippen molar-refractivity contribution in [2.24, 2.45) is 5.92 Å². The van der Waals surface area contributed by atoms with Crippen molar-refractivity contribution in [3.8, 4) is 5.75 Å². The van der Waals surface area contributed by atoms with E-state index in [1.165, 1.54) is 0 Å². The molecule has 0 radical (unpaired) electrons. The number of aliphatic hydroxyl groups excluding tert-OH is 1. The molecule has 7 nitrogen and oxygen atoms in total. The second-order valence-electron chi connectivity index (χ2n) is 8.93. The normalized spacial score (nSPS) is 24.7. The van der Waals surface area contributed by atoms with Crippen molar-refractivity contribution in [1.82, 2.24) is 10.2 Å². The average molecular weight is 436 g/mol. The lowest BCUT2D eigenvalue weighted by molar-refractivity contribution is -0.000449. The summed E-state index contributed by atoms with van der Waals surface area (Å²) >= 11 is 0. The highest BCUT2D eigenvalue weighted by atomic mass is 16.5. The third-order valence-corrected chi connectivity index (χ3v) is 5.96. The number of fused-ring (bicyclic) bond motifs is 1. The quantitative estimate of drug-likeness (QED) is 0.741. The molecule has 0 aliphatic carbocycles. The molecule has 1 aliphatic rings. The number of likely N-dealkylation sites (N-methyl/N-ethyl adjacent to an activating group) is 1. The number of hydrogen-bond donors (Lipinski definition) is 2. The van der Waals surface area contributed by atoms with Gasteiger partial charge < -0.3 is 29.7 Å². The first kappa shape index (κ1) is 25.4. The van der Waals surface area contributed by atoms with Crippen LogP contribution in [-0.4, -0.2) is 81.6 Å². The van der Waals surface area contributed by atoms with Crippen LogP contribution in [0.5, 0.6) is 5.75 Å². The molecule has 7 heteroatoms. The lowest BCUT2D eigenvalue weighted by Crippen LogP contribution is -2.47. The molecule has 0 bridgehead atoms. The number of amides is 1. The topological polar surface area (TPSA) is 74.3 Å². The number of rotatable bonds is 5. The molecule has 176 valence electrons. The maximum absolute atomic E-state index is 13.8. The summed E-state index contributed by atoms with van der Waals surface area (Å²) < 4.78 is 12.4. The molecule has 2 rings (SSSR count). The number of nitrogens with zero attached hydrogens (tertiary/aromatic N) is 2. The molecular formula is C24H41N3O4.